The van der Waals surface area contributed by atoms with Gasteiger partial charge in [-0.3, -0.25) is 0 Å². The predicted octanol–water partition coefficient (Wildman–Crippen LogP) is 2.22. The number of thioether (sulfide) groups is 1. The summed E-state index contributed by atoms with van der Waals surface area (Å²) in [6.07, 6.45) is 1.73. The molecule has 1 aromatic carbocycles. The Morgan fingerprint density at radius 3 is 2.84 bits per heavy atom. The van der Waals surface area contributed by atoms with Crippen LogP contribution in [0.4, 0.5) is 17.6 Å². The molecule has 1 atom stereocenters. The van der Waals surface area contributed by atoms with Gasteiger partial charge in [-0.25, -0.2) is 4.68 Å². The molecular formula is C15H17N9S. The van der Waals surface area contributed by atoms with Crippen LogP contribution in [0.5, 0.6) is 0 Å². The number of hydrogen-bond donors (Lipinski definition) is 2. The molecule has 1 unspecified atom stereocenters. The van der Waals surface area contributed by atoms with E-state index in [1.54, 1.807) is 10.8 Å². The first-order valence-corrected chi connectivity index (χ1v) is 8.41. The summed E-state index contributed by atoms with van der Waals surface area (Å²) in [5, 5.41) is 15.3. The first-order valence-electron chi connectivity index (χ1n) is 7.53. The molecular weight excluding hydrogens is 338 g/mol. The number of aromatic nitrogens is 7. The molecule has 9 nitrogen and oxygen atoms in total. The van der Waals surface area contributed by atoms with Crippen molar-refractivity contribution in [3.63, 3.8) is 0 Å². The highest BCUT2D eigenvalue weighted by atomic mass is 32.2. The highest BCUT2D eigenvalue weighted by Crippen LogP contribution is 2.32. The number of para-hydroxylation sites is 1. The molecule has 3 rings (SSSR count). The minimum absolute atomic E-state index is 0.115. The van der Waals surface area contributed by atoms with Crippen molar-refractivity contribution in [3.05, 3.63) is 48.8 Å². The van der Waals surface area contributed by atoms with Crippen LogP contribution in [0.15, 0.2) is 48.1 Å². The Hall–Kier alpha value is -3.01. The molecule has 128 valence electrons. The standard InChI is InChI=1S/C15H17N9S/c1-3-9-24-15(21-22-23-24)25-10(2)12-18-13(16)20-14(19-12)17-11-7-5-4-6-8-11/h3-8,10H,1,9H2,2H3,(H3,16,17,18,19,20). The van der Waals surface area contributed by atoms with E-state index in [2.05, 4.69) is 42.4 Å². The van der Waals surface area contributed by atoms with E-state index >= 15 is 0 Å². The molecule has 25 heavy (non-hydrogen) atoms. The second kappa shape index (κ2) is 7.71. The number of nitrogens with zero attached hydrogens (tertiary/aromatic N) is 7. The molecule has 0 aliphatic heterocycles. The molecule has 3 aromatic rings. The molecule has 2 aromatic heterocycles. The lowest BCUT2D eigenvalue weighted by Gasteiger charge is -2.11. The van der Waals surface area contributed by atoms with Crippen molar-refractivity contribution in [2.24, 2.45) is 0 Å². The van der Waals surface area contributed by atoms with Crippen molar-refractivity contribution in [1.82, 2.24) is 35.2 Å². The van der Waals surface area contributed by atoms with Crippen LogP contribution in [0.3, 0.4) is 0 Å². The van der Waals surface area contributed by atoms with Gasteiger partial charge in [0.15, 0.2) is 0 Å². The number of nitrogens with one attached hydrogen (secondary N) is 1. The number of anilines is 3. The van der Waals surface area contributed by atoms with Crippen LogP contribution in [-0.4, -0.2) is 35.2 Å². The van der Waals surface area contributed by atoms with Crippen molar-refractivity contribution >= 4 is 29.3 Å². The first-order chi connectivity index (χ1) is 12.2. The van der Waals surface area contributed by atoms with Gasteiger partial charge in [0.05, 0.1) is 11.8 Å². The summed E-state index contributed by atoms with van der Waals surface area (Å²) >= 11 is 1.44. The molecule has 10 heteroatoms. The van der Waals surface area contributed by atoms with Crippen LogP contribution < -0.4 is 11.1 Å². The van der Waals surface area contributed by atoms with Crippen molar-refractivity contribution < 1.29 is 0 Å². The number of allylic oxidation sites excluding steroid dienone is 1. The van der Waals surface area contributed by atoms with Crippen molar-refractivity contribution in [3.8, 4) is 0 Å². The minimum Gasteiger partial charge on any atom is -0.368 e. The molecule has 0 fully saturated rings. The molecule has 0 saturated heterocycles. The van der Waals surface area contributed by atoms with E-state index in [-0.39, 0.29) is 11.2 Å². The van der Waals surface area contributed by atoms with Gasteiger partial charge in [-0.1, -0.05) is 36.0 Å². The third-order valence-electron chi connectivity index (χ3n) is 3.15. The Morgan fingerprint density at radius 2 is 2.08 bits per heavy atom. The largest absolute Gasteiger partial charge is 0.368 e. The normalized spacial score (nSPS) is 11.9. The number of benzene rings is 1. The molecule has 0 spiro atoms. The lowest BCUT2D eigenvalue weighted by Crippen LogP contribution is -2.09. The molecule has 0 radical (unpaired) electrons. The smallest absolute Gasteiger partial charge is 0.232 e. The van der Waals surface area contributed by atoms with E-state index in [0.717, 1.165) is 5.69 Å². The zero-order chi connectivity index (χ0) is 17.6. The van der Waals surface area contributed by atoms with E-state index in [4.69, 9.17) is 5.73 Å². The lowest BCUT2D eigenvalue weighted by atomic mass is 10.3. The fourth-order valence-electron chi connectivity index (χ4n) is 2.03. The lowest BCUT2D eigenvalue weighted by molar-refractivity contribution is 0.613. The average Bonchev–Trinajstić information content (AvgIpc) is 3.02. The zero-order valence-electron chi connectivity index (χ0n) is 13.6. The Bertz CT molecular complexity index is 849. The van der Waals surface area contributed by atoms with Gasteiger partial charge in [0.25, 0.3) is 0 Å². The van der Waals surface area contributed by atoms with E-state index in [1.165, 1.54) is 11.8 Å². The summed E-state index contributed by atoms with van der Waals surface area (Å²) in [6.45, 7) is 6.18. The average molecular weight is 355 g/mol. The molecule has 0 bridgehead atoms. The Kier molecular flexibility index (Phi) is 5.19. The summed E-state index contributed by atoms with van der Waals surface area (Å²) in [7, 11) is 0. The van der Waals surface area contributed by atoms with Crippen molar-refractivity contribution in [2.45, 2.75) is 23.9 Å². The number of hydrogen-bond acceptors (Lipinski definition) is 9. The highest BCUT2D eigenvalue weighted by molar-refractivity contribution is 7.99. The third kappa shape index (κ3) is 4.29. The molecule has 0 aliphatic rings. The second-order valence-electron chi connectivity index (χ2n) is 5.06. The van der Waals surface area contributed by atoms with Crippen LogP contribution in [0, 0.1) is 0 Å². The quantitative estimate of drug-likeness (QED) is 0.485. The van der Waals surface area contributed by atoms with Gasteiger partial charge in [0.2, 0.25) is 17.1 Å². The summed E-state index contributed by atoms with van der Waals surface area (Å²) in [5.41, 5.74) is 6.70. The van der Waals surface area contributed by atoms with Crippen LogP contribution in [0.1, 0.15) is 18.0 Å². The van der Waals surface area contributed by atoms with Gasteiger partial charge < -0.3 is 11.1 Å². The van der Waals surface area contributed by atoms with Crippen LogP contribution in [0.2, 0.25) is 0 Å². The van der Waals surface area contributed by atoms with Gasteiger partial charge in [-0.15, -0.1) is 11.7 Å². The SMILES string of the molecule is C=CCn1nnnc1SC(C)c1nc(N)nc(Nc2ccccc2)n1. The maximum Gasteiger partial charge on any atom is 0.232 e. The van der Waals surface area contributed by atoms with E-state index < -0.39 is 0 Å². The number of rotatable bonds is 7. The van der Waals surface area contributed by atoms with Gasteiger partial charge in [0, 0.05) is 5.69 Å². The summed E-state index contributed by atoms with van der Waals surface area (Å²) in [6, 6.07) is 9.62. The second-order valence-corrected chi connectivity index (χ2v) is 6.37. The molecule has 0 saturated carbocycles. The number of nitrogens with two attached hydrogens (primary N) is 1. The van der Waals surface area contributed by atoms with Crippen molar-refractivity contribution in [1.29, 1.82) is 0 Å². The molecule has 2 heterocycles. The maximum atomic E-state index is 5.83. The predicted molar refractivity (Wildman–Crippen MR) is 96.3 cm³/mol. The van der Waals surface area contributed by atoms with E-state index in [1.807, 2.05) is 37.3 Å². The van der Waals surface area contributed by atoms with Crippen LogP contribution in [-0.2, 0) is 6.54 Å². The molecule has 0 amide bonds. The third-order valence-corrected chi connectivity index (χ3v) is 4.21. The fraction of sp³-hybridized carbons (Fsp3) is 0.200. The van der Waals surface area contributed by atoms with Crippen LogP contribution >= 0.6 is 11.8 Å². The Labute approximate surface area is 148 Å². The van der Waals surface area contributed by atoms with Gasteiger partial charge in [0.1, 0.15) is 5.82 Å². The minimum atomic E-state index is -0.115. The zero-order valence-corrected chi connectivity index (χ0v) is 14.4. The molecule has 3 N–H and O–H groups in total. The van der Waals surface area contributed by atoms with E-state index in [0.29, 0.717) is 23.5 Å². The van der Waals surface area contributed by atoms with Crippen molar-refractivity contribution in [2.75, 3.05) is 11.1 Å². The van der Waals surface area contributed by atoms with Gasteiger partial charge in [-0.2, -0.15) is 15.0 Å². The first kappa shape index (κ1) is 16.8. The Morgan fingerprint density at radius 1 is 1.28 bits per heavy atom. The van der Waals surface area contributed by atoms with Gasteiger partial charge in [-0.05, 0) is 29.5 Å². The summed E-state index contributed by atoms with van der Waals surface area (Å²) in [5.74, 6) is 1.09. The summed E-state index contributed by atoms with van der Waals surface area (Å²) < 4.78 is 1.65. The van der Waals surface area contributed by atoms with Crippen LogP contribution in [0.25, 0.3) is 0 Å². The summed E-state index contributed by atoms with van der Waals surface area (Å²) in [4.78, 5) is 12.8. The molecule has 0 aliphatic carbocycles. The Balaban J connectivity index is 1.79. The number of nitrogen functional groups attached to an aromatic ring is 1. The highest BCUT2D eigenvalue weighted by Gasteiger charge is 2.17. The van der Waals surface area contributed by atoms with Gasteiger partial charge >= 0.3 is 0 Å². The topological polar surface area (TPSA) is 120 Å². The monoisotopic (exact) mass is 355 g/mol. The van der Waals surface area contributed by atoms with E-state index in [9.17, 15) is 0 Å². The fourth-order valence-corrected chi connectivity index (χ4v) is 2.87. The maximum absolute atomic E-state index is 5.83. The number of tetrazole rings is 1.